The van der Waals surface area contributed by atoms with Crippen LogP contribution in [0.15, 0.2) is 71.7 Å². The van der Waals surface area contributed by atoms with Gasteiger partial charge in [0.05, 0.1) is 12.2 Å². The number of phenolic OH excluding ortho intramolecular Hbond substituents is 1. The van der Waals surface area contributed by atoms with Crippen LogP contribution in [0.3, 0.4) is 0 Å². The average Bonchev–Trinajstić information content (AvgIpc) is 2.91. The first-order chi connectivity index (χ1) is 13.0. The number of fused-ring (bicyclic) bond motifs is 1. The summed E-state index contributed by atoms with van der Waals surface area (Å²) < 4.78 is 0. The zero-order valence-corrected chi connectivity index (χ0v) is 15.6. The second-order valence-electron chi connectivity index (χ2n) is 6.12. The third-order valence-electron chi connectivity index (χ3n) is 4.26. The number of aliphatic imine (C=N–C) groups is 1. The highest BCUT2D eigenvalue weighted by molar-refractivity contribution is 6.55. The molecule has 0 aromatic heterocycles. The Bertz CT molecular complexity index is 1040. The molecule has 0 fully saturated rings. The van der Waals surface area contributed by atoms with Crippen molar-refractivity contribution in [1.29, 1.82) is 0 Å². The van der Waals surface area contributed by atoms with E-state index in [-0.39, 0.29) is 11.7 Å². The Kier molecular flexibility index (Phi) is 4.60. The normalized spacial score (nSPS) is 14.7. The lowest BCUT2D eigenvalue weighted by atomic mass is 10.1. The van der Waals surface area contributed by atoms with Gasteiger partial charge in [-0.15, -0.1) is 0 Å². The molecule has 1 amide bonds. The number of para-hydroxylation sites is 1. The fraction of sp³-hybridized carbons (Fsp3) is 0.0476. The van der Waals surface area contributed by atoms with E-state index in [1.54, 1.807) is 47.4 Å². The van der Waals surface area contributed by atoms with Crippen LogP contribution in [0.1, 0.15) is 11.1 Å². The molecule has 0 saturated carbocycles. The highest BCUT2D eigenvalue weighted by atomic mass is 35.5. The van der Waals surface area contributed by atoms with Crippen molar-refractivity contribution in [3.05, 3.63) is 87.9 Å². The van der Waals surface area contributed by atoms with Gasteiger partial charge in [-0.05, 0) is 54.1 Å². The van der Waals surface area contributed by atoms with E-state index < -0.39 is 0 Å². The minimum Gasteiger partial charge on any atom is -0.508 e. The van der Waals surface area contributed by atoms with Crippen LogP contribution in [0, 0.1) is 0 Å². The number of benzene rings is 3. The van der Waals surface area contributed by atoms with Crippen molar-refractivity contribution < 1.29 is 9.90 Å². The van der Waals surface area contributed by atoms with Gasteiger partial charge in [0.25, 0.3) is 5.91 Å². The molecule has 0 saturated heterocycles. The second kappa shape index (κ2) is 7.06. The number of carbonyl (C=O) groups is 1. The molecule has 3 aromatic carbocycles. The van der Waals surface area contributed by atoms with Crippen molar-refractivity contribution in [2.45, 2.75) is 6.54 Å². The number of anilines is 2. The Balaban J connectivity index is 1.73. The van der Waals surface area contributed by atoms with E-state index in [2.05, 4.69) is 4.99 Å². The molecule has 27 heavy (non-hydrogen) atoms. The molecule has 0 radical (unpaired) electrons. The molecule has 3 aromatic rings. The van der Waals surface area contributed by atoms with Gasteiger partial charge in [0.2, 0.25) is 0 Å². The summed E-state index contributed by atoms with van der Waals surface area (Å²) in [7, 11) is 0. The van der Waals surface area contributed by atoms with Gasteiger partial charge in [0, 0.05) is 21.3 Å². The van der Waals surface area contributed by atoms with Gasteiger partial charge in [-0.1, -0.05) is 41.4 Å². The number of aromatic hydroxyl groups is 1. The van der Waals surface area contributed by atoms with Crippen molar-refractivity contribution in [2.75, 3.05) is 4.90 Å². The number of amides is 1. The number of phenols is 1. The fourth-order valence-corrected chi connectivity index (χ4v) is 3.65. The first-order valence-corrected chi connectivity index (χ1v) is 9.01. The summed E-state index contributed by atoms with van der Waals surface area (Å²) in [5.41, 5.74) is 3.41. The average molecular weight is 397 g/mol. The molecule has 1 heterocycles. The van der Waals surface area contributed by atoms with Gasteiger partial charge < -0.3 is 5.11 Å². The van der Waals surface area contributed by atoms with Gasteiger partial charge in [0.15, 0.2) is 0 Å². The number of rotatable bonds is 3. The van der Waals surface area contributed by atoms with Crippen LogP contribution in [0.25, 0.3) is 0 Å². The molecule has 1 aliphatic rings. The van der Waals surface area contributed by atoms with Crippen LogP contribution >= 0.6 is 23.2 Å². The SMILES string of the molecule is O=C1C(=NCc2cc(Cl)cc(Cl)c2)c2ccccc2N1c1ccc(O)cc1. The molecule has 0 bridgehead atoms. The Hall–Kier alpha value is -2.82. The number of carbonyl (C=O) groups excluding carboxylic acids is 1. The van der Waals surface area contributed by atoms with Gasteiger partial charge in [-0.25, -0.2) is 0 Å². The zero-order chi connectivity index (χ0) is 19.0. The number of hydrogen-bond acceptors (Lipinski definition) is 3. The largest absolute Gasteiger partial charge is 0.508 e. The molecule has 0 spiro atoms. The Morgan fingerprint density at radius 1 is 0.926 bits per heavy atom. The van der Waals surface area contributed by atoms with Crippen LogP contribution in [0.5, 0.6) is 5.75 Å². The smallest absolute Gasteiger partial charge is 0.281 e. The predicted octanol–water partition coefficient (Wildman–Crippen LogP) is 5.37. The molecule has 1 N–H and O–H groups in total. The van der Waals surface area contributed by atoms with Gasteiger partial charge in [-0.3, -0.25) is 14.7 Å². The van der Waals surface area contributed by atoms with E-state index in [0.29, 0.717) is 28.0 Å². The maximum atomic E-state index is 13.1. The summed E-state index contributed by atoms with van der Waals surface area (Å²) in [4.78, 5) is 19.2. The van der Waals surface area contributed by atoms with E-state index in [1.165, 1.54) is 0 Å². The first-order valence-electron chi connectivity index (χ1n) is 8.25. The van der Waals surface area contributed by atoms with E-state index >= 15 is 0 Å². The number of halogens is 2. The van der Waals surface area contributed by atoms with Crippen molar-refractivity contribution >= 4 is 46.2 Å². The summed E-state index contributed by atoms with van der Waals surface area (Å²) in [5, 5.41) is 10.6. The minimum absolute atomic E-state index is 0.144. The molecular formula is C21H14Cl2N2O2. The molecule has 4 nitrogen and oxygen atoms in total. The van der Waals surface area contributed by atoms with E-state index in [9.17, 15) is 9.90 Å². The molecule has 4 rings (SSSR count). The van der Waals surface area contributed by atoms with Crippen LogP contribution < -0.4 is 4.90 Å². The predicted molar refractivity (Wildman–Crippen MR) is 108 cm³/mol. The van der Waals surface area contributed by atoms with Crippen molar-refractivity contribution in [3.8, 4) is 5.75 Å². The molecule has 1 aliphatic heterocycles. The Morgan fingerprint density at radius 2 is 1.59 bits per heavy atom. The van der Waals surface area contributed by atoms with Gasteiger partial charge >= 0.3 is 0 Å². The second-order valence-corrected chi connectivity index (χ2v) is 6.99. The summed E-state index contributed by atoms with van der Waals surface area (Å²) in [5.74, 6) is -0.0691. The van der Waals surface area contributed by atoms with Crippen molar-refractivity contribution in [3.63, 3.8) is 0 Å². The molecule has 6 heteroatoms. The standard InChI is InChI=1S/C21H14Cl2N2O2/c22-14-9-13(10-15(23)11-14)12-24-20-18-3-1-2-4-19(18)25(21(20)27)16-5-7-17(26)8-6-16/h1-11,26H,12H2. The van der Waals surface area contributed by atoms with E-state index in [1.807, 2.05) is 24.3 Å². The summed E-state index contributed by atoms with van der Waals surface area (Å²) in [6.45, 7) is 0.291. The lowest BCUT2D eigenvalue weighted by Crippen LogP contribution is -2.25. The monoisotopic (exact) mass is 396 g/mol. The quantitative estimate of drug-likeness (QED) is 0.646. The van der Waals surface area contributed by atoms with Crippen LogP contribution in [-0.2, 0) is 11.3 Å². The van der Waals surface area contributed by atoms with Crippen LogP contribution in [0.2, 0.25) is 10.0 Å². The summed E-state index contributed by atoms with van der Waals surface area (Å²) in [6, 6.07) is 19.2. The molecule has 0 atom stereocenters. The third kappa shape index (κ3) is 3.42. The molecular weight excluding hydrogens is 383 g/mol. The highest BCUT2D eigenvalue weighted by Crippen LogP contribution is 2.36. The zero-order valence-electron chi connectivity index (χ0n) is 14.1. The maximum absolute atomic E-state index is 13.1. The maximum Gasteiger partial charge on any atom is 0.281 e. The van der Waals surface area contributed by atoms with Crippen molar-refractivity contribution in [1.82, 2.24) is 0 Å². The Labute approximate surface area is 166 Å². The molecule has 0 aliphatic carbocycles. The van der Waals surface area contributed by atoms with E-state index in [0.717, 1.165) is 16.8 Å². The minimum atomic E-state index is -0.213. The topological polar surface area (TPSA) is 52.9 Å². The molecule has 134 valence electrons. The highest BCUT2D eigenvalue weighted by Gasteiger charge is 2.34. The number of hydrogen-bond donors (Lipinski definition) is 1. The lowest BCUT2D eigenvalue weighted by Gasteiger charge is -2.16. The number of nitrogens with zero attached hydrogens (tertiary/aromatic N) is 2. The third-order valence-corrected chi connectivity index (χ3v) is 4.69. The summed E-state index contributed by atoms with van der Waals surface area (Å²) >= 11 is 12.1. The summed E-state index contributed by atoms with van der Waals surface area (Å²) in [6.07, 6.45) is 0. The van der Waals surface area contributed by atoms with Crippen LogP contribution in [0.4, 0.5) is 11.4 Å². The Morgan fingerprint density at radius 3 is 2.30 bits per heavy atom. The van der Waals surface area contributed by atoms with Gasteiger partial charge in [0.1, 0.15) is 11.5 Å². The lowest BCUT2D eigenvalue weighted by molar-refractivity contribution is -0.111. The van der Waals surface area contributed by atoms with Crippen LogP contribution in [-0.4, -0.2) is 16.7 Å². The fourth-order valence-electron chi connectivity index (χ4n) is 3.08. The van der Waals surface area contributed by atoms with E-state index in [4.69, 9.17) is 23.2 Å². The molecule has 0 unspecified atom stereocenters. The van der Waals surface area contributed by atoms with Crippen molar-refractivity contribution in [2.24, 2.45) is 4.99 Å². The first kappa shape index (κ1) is 17.6. The van der Waals surface area contributed by atoms with Gasteiger partial charge in [-0.2, -0.15) is 0 Å².